The molecule has 0 spiro atoms. The third-order valence-electron chi connectivity index (χ3n) is 5.90. The van der Waals surface area contributed by atoms with Gasteiger partial charge < -0.3 is 30.9 Å². The summed E-state index contributed by atoms with van der Waals surface area (Å²) in [6.07, 6.45) is 4.35. The summed E-state index contributed by atoms with van der Waals surface area (Å²) in [6, 6.07) is 0. The second-order valence-electron chi connectivity index (χ2n) is 9.62. The van der Waals surface area contributed by atoms with Crippen LogP contribution in [-0.4, -0.2) is 108 Å². The number of thioether (sulfide) groups is 2. The van der Waals surface area contributed by atoms with E-state index in [1.807, 2.05) is 0 Å². The second-order valence-corrected chi connectivity index (χ2v) is 12.0. The number of carbonyl (C=O) groups is 8. The number of unbranched alkanes of at least 4 members (excludes halogenated alkanes) is 2. The van der Waals surface area contributed by atoms with Crippen LogP contribution in [0.5, 0.6) is 0 Å². The van der Waals surface area contributed by atoms with Crippen LogP contribution in [0.2, 0.25) is 0 Å². The summed E-state index contributed by atoms with van der Waals surface area (Å²) in [5, 5.41) is 9.37. The highest BCUT2D eigenvalue weighted by atomic mass is 32.2. The lowest BCUT2D eigenvalue weighted by atomic mass is 9.97. The molecule has 0 aromatic carbocycles. The topological polar surface area (TPSA) is 188 Å². The van der Waals surface area contributed by atoms with E-state index in [0.717, 1.165) is 25.0 Å². The van der Waals surface area contributed by atoms with Crippen molar-refractivity contribution in [1.29, 1.82) is 0 Å². The van der Waals surface area contributed by atoms with Gasteiger partial charge in [-0.2, -0.15) is 0 Å². The van der Waals surface area contributed by atoms with Gasteiger partial charge in [0.05, 0.1) is 36.4 Å². The second kappa shape index (κ2) is 21.8. The maximum Gasteiger partial charge on any atom is 0.242 e. The number of hydrogen-bond donors (Lipinski definition) is 4. The van der Waals surface area contributed by atoms with Crippen molar-refractivity contribution in [3.63, 3.8) is 0 Å². The van der Waals surface area contributed by atoms with Crippen molar-refractivity contribution in [2.75, 3.05) is 43.6 Å². The third-order valence-corrected chi connectivity index (χ3v) is 8.12. The van der Waals surface area contributed by atoms with E-state index < -0.39 is 17.1 Å². The molecule has 2 radical (unpaired) electrons. The molecule has 0 aliphatic carbocycles. The Morgan fingerprint density at radius 3 is 2.00 bits per heavy atom. The first kappa shape index (κ1) is 37.2. The lowest BCUT2D eigenvalue weighted by molar-refractivity contribution is -0.138. The minimum Gasteiger partial charge on any atom is -0.347 e. The zero-order chi connectivity index (χ0) is 31.3. The van der Waals surface area contributed by atoms with Crippen LogP contribution in [0.25, 0.3) is 0 Å². The maximum absolute atomic E-state index is 12.4. The molecule has 1 fully saturated rings. The van der Waals surface area contributed by atoms with Gasteiger partial charge in [0.25, 0.3) is 0 Å². The van der Waals surface area contributed by atoms with Crippen LogP contribution >= 0.6 is 23.5 Å². The van der Waals surface area contributed by atoms with Crippen molar-refractivity contribution in [3.8, 4) is 0 Å². The van der Waals surface area contributed by atoms with E-state index >= 15 is 0 Å². The molecule has 13 nitrogen and oxygen atoms in total. The number of amides is 6. The van der Waals surface area contributed by atoms with Gasteiger partial charge in [0.1, 0.15) is 5.78 Å². The minimum absolute atomic E-state index is 0.00693. The SMILES string of the molecule is [B]C(=O)CCCCCSCNC(=O)CNC(=O)CNC(=O)CNC(=O)CCCSC1CC(=O)N(CCCC(C)=O)C1=O. The first-order valence-electron chi connectivity index (χ1n) is 13.9. The number of rotatable bonds is 23. The fourth-order valence-electron chi connectivity index (χ4n) is 3.66. The predicted octanol–water partition coefficient (Wildman–Crippen LogP) is -0.592. The monoisotopic (exact) mass is 625 g/mol. The molecule has 1 unspecified atom stereocenters. The minimum atomic E-state index is -0.565. The molecule has 0 bridgehead atoms. The van der Waals surface area contributed by atoms with E-state index in [9.17, 15) is 38.4 Å². The van der Waals surface area contributed by atoms with Gasteiger partial charge in [-0.05, 0) is 50.5 Å². The Morgan fingerprint density at radius 2 is 1.38 bits per heavy atom. The maximum atomic E-state index is 12.4. The number of carbonyl (C=O) groups excluding carboxylic acids is 8. The van der Waals surface area contributed by atoms with E-state index in [-0.39, 0.29) is 74.1 Å². The molecule has 1 heterocycles. The average molecular weight is 626 g/mol. The standard InChI is InChI=1S/C26H40BN5O8S2/c1-18(33)7-5-10-32-25(39)13-19(26(32)40)42-12-6-9-21(35)28-14-22(36)29-15-23(37)30-16-24(38)31-17-41-11-4-2-3-8-20(27)34/h19H,2-17H2,1H3,(H,28,35)(H,29,36)(H,30,37)(H,31,38). The number of imide groups is 1. The van der Waals surface area contributed by atoms with Crippen LogP contribution in [0.3, 0.4) is 0 Å². The highest BCUT2D eigenvalue weighted by Crippen LogP contribution is 2.26. The molecule has 1 aliphatic rings. The first-order valence-corrected chi connectivity index (χ1v) is 16.1. The molecule has 0 aromatic heterocycles. The molecule has 6 amide bonds. The first-order chi connectivity index (χ1) is 20.0. The van der Waals surface area contributed by atoms with Gasteiger partial charge in [-0.1, -0.05) is 6.42 Å². The molecule has 1 atom stereocenters. The summed E-state index contributed by atoms with van der Waals surface area (Å²) >= 11 is 2.83. The fourth-order valence-corrected chi connectivity index (χ4v) is 5.60. The van der Waals surface area contributed by atoms with Crippen LogP contribution in [0, 0.1) is 0 Å². The summed E-state index contributed by atoms with van der Waals surface area (Å²) < 4.78 is 0. The van der Waals surface area contributed by atoms with Gasteiger partial charge in [-0.15, -0.1) is 23.5 Å². The van der Waals surface area contributed by atoms with Crippen molar-refractivity contribution in [1.82, 2.24) is 26.2 Å². The number of nitrogens with one attached hydrogen (secondary N) is 4. The molecular weight excluding hydrogens is 585 g/mol. The Labute approximate surface area is 256 Å². The molecule has 42 heavy (non-hydrogen) atoms. The number of ketones is 1. The van der Waals surface area contributed by atoms with E-state index in [2.05, 4.69) is 21.3 Å². The van der Waals surface area contributed by atoms with Gasteiger partial charge >= 0.3 is 0 Å². The van der Waals surface area contributed by atoms with Gasteiger partial charge in [-0.25, -0.2) is 0 Å². The van der Waals surface area contributed by atoms with Crippen molar-refractivity contribution >= 4 is 78.3 Å². The Morgan fingerprint density at radius 1 is 0.762 bits per heavy atom. The van der Waals surface area contributed by atoms with Gasteiger partial charge in [-0.3, -0.25) is 33.7 Å². The smallest absolute Gasteiger partial charge is 0.242 e. The highest BCUT2D eigenvalue weighted by Gasteiger charge is 2.38. The lowest BCUT2D eigenvalue weighted by Crippen LogP contribution is -2.44. The zero-order valence-electron chi connectivity index (χ0n) is 24.0. The van der Waals surface area contributed by atoms with E-state index in [4.69, 9.17) is 7.85 Å². The Hall–Kier alpha value is -2.88. The van der Waals surface area contributed by atoms with Crippen molar-refractivity contribution in [2.45, 2.75) is 70.0 Å². The van der Waals surface area contributed by atoms with E-state index in [1.54, 1.807) is 0 Å². The largest absolute Gasteiger partial charge is 0.347 e. The zero-order valence-corrected chi connectivity index (χ0v) is 25.6. The van der Waals surface area contributed by atoms with Crippen LogP contribution < -0.4 is 21.3 Å². The van der Waals surface area contributed by atoms with Crippen molar-refractivity contribution in [2.24, 2.45) is 0 Å². The van der Waals surface area contributed by atoms with E-state index in [0.29, 0.717) is 37.3 Å². The number of nitrogens with zero attached hydrogens (tertiary/aromatic N) is 1. The summed E-state index contributed by atoms with van der Waals surface area (Å²) in [4.78, 5) is 94.9. The van der Waals surface area contributed by atoms with Crippen LogP contribution in [0.1, 0.15) is 64.7 Å². The molecule has 16 heteroatoms. The average Bonchev–Trinajstić information content (AvgIpc) is 3.20. The Kier molecular flexibility index (Phi) is 19.3. The molecule has 232 valence electrons. The number of likely N-dealkylation sites (tertiary alicyclic amines) is 1. The van der Waals surface area contributed by atoms with Crippen LogP contribution in [0.15, 0.2) is 0 Å². The Bertz CT molecular complexity index is 984. The molecule has 1 aliphatic heterocycles. The van der Waals surface area contributed by atoms with Crippen LogP contribution in [-0.2, 0) is 38.4 Å². The molecule has 4 N–H and O–H groups in total. The molecule has 1 saturated heterocycles. The third kappa shape index (κ3) is 17.8. The summed E-state index contributed by atoms with van der Waals surface area (Å²) in [5.74, 6) is -0.672. The normalized spacial score (nSPS) is 14.4. The van der Waals surface area contributed by atoms with E-state index in [1.165, 1.54) is 35.3 Å². The number of hydrogen-bond acceptors (Lipinski definition) is 10. The highest BCUT2D eigenvalue weighted by molar-refractivity contribution is 8.00. The van der Waals surface area contributed by atoms with Crippen molar-refractivity contribution < 1.29 is 38.4 Å². The molecule has 0 saturated carbocycles. The van der Waals surface area contributed by atoms with Crippen molar-refractivity contribution in [3.05, 3.63) is 0 Å². The molecule has 0 aromatic rings. The molecular formula is C26H40BN5O8S2. The van der Waals surface area contributed by atoms with Gasteiger partial charge in [0.15, 0.2) is 7.85 Å². The van der Waals surface area contributed by atoms with Crippen LogP contribution in [0.4, 0.5) is 0 Å². The summed E-state index contributed by atoms with van der Waals surface area (Å²) in [6.45, 7) is 0.797. The number of Topliss-reactive ketones (excluding diaryl/α,β-unsaturated/α-hetero) is 1. The molecule has 1 rings (SSSR count). The quantitative estimate of drug-likeness (QED) is 0.0495. The fraction of sp³-hybridized carbons (Fsp3) is 0.692. The lowest BCUT2D eigenvalue weighted by Gasteiger charge is -2.14. The Balaban J connectivity index is 2.06. The predicted molar refractivity (Wildman–Crippen MR) is 160 cm³/mol. The summed E-state index contributed by atoms with van der Waals surface area (Å²) in [7, 11) is 5.07. The summed E-state index contributed by atoms with van der Waals surface area (Å²) in [5.41, 5.74) is -0.311. The van der Waals surface area contributed by atoms with Gasteiger partial charge in [0, 0.05) is 25.8 Å². The van der Waals surface area contributed by atoms with Gasteiger partial charge in [0.2, 0.25) is 35.4 Å².